The molecule has 1 heterocycles. The number of likely N-dealkylation sites (N-methyl/N-ethyl adjacent to an activating group) is 1. The molecule has 0 amide bonds. The van der Waals surface area contributed by atoms with Gasteiger partial charge in [0.1, 0.15) is 0 Å². The van der Waals surface area contributed by atoms with E-state index < -0.39 is 0 Å². The first kappa shape index (κ1) is 13.3. The lowest BCUT2D eigenvalue weighted by atomic mass is 9.84. The molecule has 0 aliphatic heterocycles. The summed E-state index contributed by atoms with van der Waals surface area (Å²) >= 11 is 0. The molecule has 2 rings (SSSR count). The second-order valence-electron chi connectivity index (χ2n) is 5.00. The van der Waals surface area contributed by atoms with Crippen LogP contribution in [0.25, 0.3) is 0 Å². The van der Waals surface area contributed by atoms with Gasteiger partial charge in [-0.25, -0.2) is 0 Å². The average Bonchev–Trinajstić information content (AvgIpc) is 2.88. The number of aromatic nitrogens is 2. The molecular weight excluding hydrogens is 228 g/mol. The molecule has 5 nitrogen and oxygen atoms in total. The summed E-state index contributed by atoms with van der Waals surface area (Å²) in [6.45, 7) is 6.12. The van der Waals surface area contributed by atoms with Gasteiger partial charge in [0.25, 0.3) is 5.95 Å². The molecule has 0 radical (unpaired) electrons. The second kappa shape index (κ2) is 6.18. The van der Waals surface area contributed by atoms with Gasteiger partial charge in [0.2, 0.25) is 5.89 Å². The number of anilines is 1. The van der Waals surface area contributed by atoms with E-state index in [2.05, 4.69) is 29.3 Å². The molecule has 2 atom stereocenters. The van der Waals surface area contributed by atoms with E-state index in [9.17, 15) is 0 Å². The molecule has 0 aromatic carbocycles. The normalized spacial score (nSPS) is 24.2. The van der Waals surface area contributed by atoms with E-state index in [1.165, 1.54) is 19.3 Å². The molecule has 18 heavy (non-hydrogen) atoms. The summed E-state index contributed by atoms with van der Waals surface area (Å²) < 4.78 is 5.46. The highest BCUT2D eigenvalue weighted by Gasteiger charge is 2.30. The molecule has 0 bridgehead atoms. The summed E-state index contributed by atoms with van der Waals surface area (Å²) in [7, 11) is 1.98. The van der Waals surface area contributed by atoms with Gasteiger partial charge in [0.15, 0.2) is 0 Å². The number of hydrogen-bond donors (Lipinski definition) is 1. The van der Waals surface area contributed by atoms with Crippen LogP contribution in [0, 0.1) is 0 Å². The molecule has 1 N–H and O–H groups in total. The van der Waals surface area contributed by atoms with Crippen LogP contribution < -0.4 is 10.2 Å². The van der Waals surface area contributed by atoms with Crippen LogP contribution in [0.4, 0.5) is 5.95 Å². The zero-order chi connectivity index (χ0) is 13.0. The van der Waals surface area contributed by atoms with Crippen LogP contribution in [0.3, 0.4) is 0 Å². The maximum Gasteiger partial charge on any atom is 0.265 e. The van der Waals surface area contributed by atoms with E-state index >= 15 is 0 Å². The van der Waals surface area contributed by atoms with E-state index in [1.54, 1.807) is 0 Å². The Kier molecular flexibility index (Phi) is 4.58. The average molecular weight is 252 g/mol. The molecule has 1 saturated carbocycles. The van der Waals surface area contributed by atoms with Crippen molar-refractivity contribution in [3.63, 3.8) is 0 Å². The highest BCUT2D eigenvalue weighted by molar-refractivity contribution is 5.26. The van der Waals surface area contributed by atoms with Crippen LogP contribution in [-0.4, -0.2) is 36.3 Å². The zero-order valence-corrected chi connectivity index (χ0v) is 11.6. The Hall–Kier alpha value is -1.10. The summed E-state index contributed by atoms with van der Waals surface area (Å²) in [5.74, 6) is 1.88. The lowest BCUT2D eigenvalue weighted by Crippen LogP contribution is -2.37. The number of rotatable bonds is 5. The van der Waals surface area contributed by atoms with Gasteiger partial charge in [-0.1, -0.05) is 19.8 Å². The largest absolute Gasteiger partial charge is 0.342 e. The van der Waals surface area contributed by atoms with Crippen LogP contribution in [0.2, 0.25) is 0 Å². The van der Waals surface area contributed by atoms with Gasteiger partial charge in [-0.2, -0.15) is 4.98 Å². The molecular formula is C13H24N4O. The third-order valence-corrected chi connectivity index (χ3v) is 3.80. The van der Waals surface area contributed by atoms with Crippen molar-refractivity contribution in [3.8, 4) is 0 Å². The molecule has 1 aliphatic carbocycles. The summed E-state index contributed by atoms with van der Waals surface area (Å²) in [6, 6.07) is 0.490. The molecule has 0 saturated heterocycles. The minimum absolute atomic E-state index is 0.380. The SMILES string of the molecule is CCNC1CCCCC1c1nc(N(C)CC)no1. The fourth-order valence-corrected chi connectivity index (χ4v) is 2.61. The lowest BCUT2D eigenvalue weighted by molar-refractivity contribution is 0.264. The Labute approximate surface area is 109 Å². The highest BCUT2D eigenvalue weighted by atomic mass is 16.5. The van der Waals surface area contributed by atoms with Gasteiger partial charge in [-0.15, -0.1) is 0 Å². The Morgan fingerprint density at radius 2 is 2.11 bits per heavy atom. The predicted octanol–water partition coefficient (Wildman–Crippen LogP) is 2.16. The van der Waals surface area contributed by atoms with Crippen molar-refractivity contribution in [1.82, 2.24) is 15.5 Å². The lowest BCUT2D eigenvalue weighted by Gasteiger charge is -2.29. The Morgan fingerprint density at radius 1 is 1.33 bits per heavy atom. The molecule has 5 heteroatoms. The predicted molar refractivity (Wildman–Crippen MR) is 71.9 cm³/mol. The third-order valence-electron chi connectivity index (χ3n) is 3.80. The fourth-order valence-electron chi connectivity index (χ4n) is 2.61. The van der Waals surface area contributed by atoms with Crippen LogP contribution >= 0.6 is 0 Å². The molecule has 2 unspecified atom stereocenters. The quantitative estimate of drug-likeness (QED) is 0.870. The van der Waals surface area contributed by atoms with Gasteiger partial charge in [-0.3, -0.25) is 0 Å². The molecule has 1 aromatic rings. The summed E-state index contributed by atoms with van der Waals surface area (Å²) in [6.07, 6.45) is 4.91. The fraction of sp³-hybridized carbons (Fsp3) is 0.846. The maximum absolute atomic E-state index is 5.46. The first-order valence-electron chi connectivity index (χ1n) is 7.04. The minimum atomic E-state index is 0.380. The van der Waals surface area contributed by atoms with Crippen molar-refractivity contribution in [2.24, 2.45) is 0 Å². The molecule has 1 aromatic heterocycles. The minimum Gasteiger partial charge on any atom is -0.342 e. The van der Waals surface area contributed by atoms with E-state index in [1.807, 2.05) is 11.9 Å². The third kappa shape index (κ3) is 2.83. The van der Waals surface area contributed by atoms with Crippen molar-refractivity contribution in [1.29, 1.82) is 0 Å². The van der Waals surface area contributed by atoms with Crippen molar-refractivity contribution >= 4 is 5.95 Å². The standard InChI is InChI=1S/C13H24N4O/c1-4-14-11-9-7-6-8-10(11)12-15-13(16-18-12)17(3)5-2/h10-11,14H,4-9H2,1-3H3. The zero-order valence-electron chi connectivity index (χ0n) is 11.6. The van der Waals surface area contributed by atoms with Gasteiger partial charge in [0.05, 0.1) is 5.92 Å². The van der Waals surface area contributed by atoms with Gasteiger partial charge in [-0.05, 0) is 31.5 Å². The summed E-state index contributed by atoms with van der Waals surface area (Å²) in [4.78, 5) is 6.54. The maximum atomic E-state index is 5.46. The van der Waals surface area contributed by atoms with Gasteiger partial charge in [0, 0.05) is 19.6 Å². The number of hydrogen-bond acceptors (Lipinski definition) is 5. The molecule has 0 spiro atoms. The topological polar surface area (TPSA) is 54.2 Å². The smallest absolute Gasteiger partial charge is 0.265 e. The van der Waals surface area contributed by atoms with Crippen LogP contribution in [0.15, 0.2) is 4.52 Å². The van der Waals surface area contributed by atoms with E-state index in [0.29, 0.717) is 17.9 Å². The Morgan fingerprint density at radius 3 is 2.83 bits per heavy atom. The molecule has 1 fully saturated rings. The number of nitrogens with one attached hydrogen (secondary N) is 1. The molecule has 1 aliphatic rings. The summed E-state index contributed by atoms with van der Waals surface area (Å²) in [5.41, 5.74) is 0. The monoisotopic (exact) mass is 252 g/mol. The Balaban J connectivity index is 2.10. The van der Waals surface area contributed by atoms with Crippen LogP contribution in [0.1, 0.15) is 51.3 Å². The second-order valence-corrected chi connectivity index (χ2v) is 5.00. The van der Waals surface area contributed by atoms with Gasteiger partial charge < -0.3 is 14.7 Å². The van der Waals surface area contributed by atoms with Crippen LogP contribution in [0.5, 0.6) is 0 Å². The summed E-state index contributed by atoms with van der Waals surface area (Å²) in [5, 5.41) is 7.61. The molecule has 102 valence electrons. The van der Waals surface area contributed by atoms with Crippen molar-refractivity contribution in [2.75, 3.05) is 25.0 Å². The first-order valence-corrected chi connectivity index (χ1v) is 7.04. The van der Waals surface area contributed by atoms with Gasteiger partial charge >= 0.3 is 0 Å². The van der Waals surface area contributed by atoms with Crippen molar-refractivity contribution < 1.29 is 4.52 Å². The van der Waals surface area contributed by atoms with Crippen LogP contribution in [-0.2, 0) is 0 Å². The van der Waals surface area contributed by atoms with Crippen molar-refractivity contribution in [2.45, 2.75) is 51.5 Å². The Bertz CT molecular complexity index is 364. The highest BCUT2D eigenvalue weighted by Crippen LogP contribution is 2.32. The van der Waals surface area contributed by atoms with E-state index in [0.717, 1.165) is 25.4 Å². The van der Waals surface area contributed by atoms with E-state index in [-0.39, 0.29) is 0 Å². The van der Waals surface area contributed by atoms with E-state index in [4.69, 9.17) is 4.52 Å². The first-order chi connectivity index (χ1) is 8.76. The van der Waals surface area contributed by atoms with Crippen molar-refractivity contribution in [3.05, 3.63) is 5.89 Å². The number of nitrogens with zero attached hydrogens (tertiary/aromatic N) is 3.